The Morgan fingerprint density at radius 2 is 1.81 bits per heavy atom. The molecule has 26 heavy (non-hydrogen) atoms. The van der Waals surface area contributed by atoms with Gasteiger partial charge in [-0.15, -0.1) is 15.0 Å². The van der Waals surface area contributed by atoms with E-state index in [1.165, 1.54) is 24.3 Å². The minimum atomic E-state index is -1.20. The monoisotopic (exact) mass is 353 g/mol. The Hall–Kier alpha value is -3.75. The summed E-state index contributed by atoms with van der Waals surface area (Å²) in [4.78, 5) is 24.6. The number of aromatic carboxylic acids is 1. The first kappa shape index (κ1) is 17.1. The van der Waals surface area contributed by atoms with Crippen molar-refractivity contribution in [1.29, 1.82) is 0 Å². The van der Waals surface area contributed by atoms with Crippen LogP contribution >= 0.6 is 0 Å². The highest BCUT2D eigenvalue weighted by Crippen LogP contribution is 2.20. The van der Waals surface area contributed by atoms with E-state index in [9.17, 15) is 20.0 Å². The van der Waals surface area contributed by atoms with E-state index in [0.717, 1.165) is 10.4 Å². The number of non-ortho nitro benzene ring substituents is 1. The quantitative estimate of drug-likeness (QED) is 0.535. The molecule has 2 aromatic carbocycles. The van der Waals surface area contributed by atoms with Gasteiger partial charge in [-0.2, -0.15) is 0 Å². The molecule has 1 N–H and O–H groups in total. The normalized spacial score (nSPS) is 10.5. The van der Waals surface area contributed by atoms with Crippen LogP contribution in [0.1, 0.15) is 16.1 Å². The topological polar surface area (TPSA) is 114 Å². The lowest BCUT2D eigenvalue weighted by molar-refractivity contribution is -0.384. The largest absolute Gasteiger partial charge is 0.476 e. The summed E-state index contributed by atoms with van der Waals surface area (Å²) in [5.41, 5.74) is 1.16. The molecule has 9 heteroatoms. The molecule has 132 valence electrons. The van der Waals surface area contributed by atoms with Crippen LogP contribution in [0.15, 0.2) is 54.6 Å². The molecule has 0 amide bonds. The molecule has 0 aliphatic rings. The summed E-state index contributed by atoms with van der Waals surface area (Å²) in [6.45, 7) is 0.458. The molecular formula is C17H15N5O4. The molecule has 0 aliphatic heterocycles. The lowest BCUT2D eigenvalue weighted by Crippen LogP contribution is -2.19. The van der Waals surface area contributed by atoms with Gasteiger partial charge in [0.15, 0.2) is 5.82 Å². The van der Waals surface area contributed by atoms with E-state index >= 15 is 0 Å². The number of aromatic nitrogens is 3. The van der Waals surface area contributed by atoms with Gasteiger partial charge in [0.2, 0.25) is 5.69 Å². The summed E-state index contributed by atoms with van der Waals surface area (Å²) in [5, 5.41) is 28.4. The third-order valence-electron chi connectivity index (χ3n) is 3.71. The molecule has 9 nitrogen and oxygen atoms in total. The predicted octanol–water partition coefficient (Wildman–Crippen LogP) is 2.51. The van der Waals surface area contributed by atoms with Crippen molar-refractivity contribution in [2.45, 2.75) is 6.54 Å². The summed E-state index contributed by atoms with van der Waals surface area (Å²) < 4.78 is 0. The van der Waals surface area contributed by atoms with Gasteiger partial charge in [-0.1, -0.05) is 30.3 Å². The maximum absolute atomic E-state index is 11.5. The average Bonchev–Trinajstić information content (AvgIpc) is 3.08. The Bertz CT molecular complexity index is 938. The fourth-order valence-electron chi connectivity index (χ4n) is 2.45. The van der Waals surface area contributed by atoms with Crippen molar-refractivity contribution >= 4 is 17.5 Å². The molecule has 0 unspecified atom stereocenters. The number of anilines is 1. The van der Waals surface area contributed by atoms with Crippen LogP contribution in [0.5, 0.6) is 0 Å². The number of hydrogen-bond donors (Lipinski definition) is 1. The van der Waals surface area contributed by atoms with Gasteiger partial charge in [0.25, 0.3) is 5.69 Å². The van der Waals surface area contributed by atoms with Crippen molar-refractivity contribution in [3.63, 3.8) is 0 Å². The van der Waals surface area contributed by atoms with Crippen molar-refractivity contribution < 1.29 is 14.8 Å². The summed E-state index contributed by atoms with van der Waals surface area (Å²) in [7, 11) is 1.73. The zero-order chi connectivity index (χ0) is 18.7. The Balaban J connectivity index is 1.93. The Kier molecular flexibility index (Phi) is 4.61. The van der Waals surface area contributed by atoms with Crippen molar-refractivity contribution in [2.75, 3.05) is 11.9 Å². The molecule has 1 aromatic heterocycles. The fourth-order valence-corrected chi connectivity index (χ4v) is 2.45. The van der Waals surface area contributed by atoms with Gasteiger partial charge in [-0.3, -0.25) is 10.1 Å². The lowest BCUT2D eigenvalue weighted by Gasteiger charge is -2.16. The van der Waals surface area contributed by atoms with Gasteiger partial charge < -0.3 is 10.0 Å². The minimum absolute atomic E-state index is 0.0687. The number of nitrogens with zero attached hydrogens (tertiary/aromatic N) is 5. The fraction of sp³-hybridized carbons (Fsp3) is 0.118. The van der Waals surface area contributed by atoms with E-state index in [2.05, 4.69) is 10.2 Å². The first-order valence-electron chi connectivity index (χ1n) is 7.66. The van der Waals surface area contributed by atoms with Crippen LogP contribution in [0.3, 0.4) is 0 Å². The molecule has 0 aliphatic carbocycles. The second-order valence-corrected chi connectivity index (χ2v) is 5.58. The molecule has 0 fully saturated rings. The Morgan fingerprint density at radius 3 is 2.38 bits per heavy atom. The molecule has 0 atom stereocenters. The number of nitro groups is 1. The maximum atomic E-state index is 11.5. The summed E-state index contributed by atoms with van der Waals surface area (Å²) in [6, 6.07) is 15.1. The Labute approximate surface area is 148 Å². The molecule has 0 radical (unpaired) electrons. The van der Waals surface area contributed by atoms with Gasteiger partial charge in [-0.25, -0.2) is 4.79 Å². The minimum Gasteiger partial charge on any atom is -0.476 e. The highest BCUT2D eigenvalue weighted by atomic mass is 16.6. The van der Waals surface area contributed by atoms with Crippen LogP contribution in [0, 0.1) is 10.1 Å². The molecule has 3 rings (SSSR count). The summed E-state index contributed by atoms with van der Waals surface area (Å²) in [6.07, 6.45) is 0. The van der Waals surface area contributed by atoms with Crippen LogP contribution in [-0.4, -0.2) is 38.0 Å². The summed E-state index contributed by atoms with van der Waals surface area (Å²) in [5.74, 6) is -0.993. The van der Waals surface area contributed by atoms with E-state index in [-0.39, 0.29) is 17.2 Å². The van der Waals surface area contributed by atoms with Gasteiger partial charge in [0, 0.05) is 25.7 Å². The van der Waals surface area contributed by atoms with Gasteiger partial charge >= 0.3 is 5.97 Å². The van der Waals surface area contributed by atoms with Crippen LogP contribution in [0.4, 0.5) is 11.5 Å². The third-order valence-corrected chi connectivity index (χ3v) is 3.71. The van der Waals surface area contributed by atoms with E-state index in [0.29, 0.717) is 12.2 Å². The zero-order valence-electron chi connectivity index (χ0n) is 13.8. The number of carboxylic acids is 1. The molecule has 3 aromatic rings. The van der Waals surface area contributed by atoms with Gasteiger partial charge in [-0.05, 0) is 17.7 Å². The summed E-state index contributed by atoms with van der Waals surface area (Å²) >= 11 is 0. The van der Waals surface area contributed by atoms with Crippen molar-refractivity contribution in [2.24, 2.45) is 0 Å². The standard InChI is InChI=1S/C17H15N5O4/c1-20(11-12-5-3-2-4-6-12)16-15(17(23)24)18-21(19-16)13-7-9-14(10-8-13)22(25)26/h2-10H,11H2,1H3,(H,23,24). The number of rotatable bonds is 6. The van der Waals surface area contributed by atoms with Crippen LogP contribution in [-0.2, 0) is 6.54 Å². The zero-order valence-corrected chi connectivity index (χ0v) is 13.8. The van der Waals surface area contributed by atoms with E-state index in [1.54, 1.807) is 11.9 Å². The van der Waals surface area contributed by atoms with Crippen LogP contribution < -0.4 is 4.90 Å². The first-order chi connectivity index (χ1) is 12.5. The molecule has 0 bridgehead atoms. The van der Waals surface area contributed by atoms with Crippen LogP contribution in [0.25, 0.3) is 5.69 Å². The second-order valence-electron chi connectivity index (χ2n) is 5.58. The number of carbonyl (C=O) groups is 1. The van der Waals surface area contributed by atoms with Gasteiger partial charge in [0.05, 0.1) is 10.6 Å². The molecule has 1 heterocycles. The molecule has 0 saturated heterocycles. The average molecular weight is 353 g/mol. The van der Waals surface area contributed by atoms with E-state index in [1.807, 2.05) is 30.3 Å². The highest BCUT2D eigenvalue weighted by molar-refractivity contribution is 5.90. The molecule has 0 spiro atoms. The predicted molar refractivity (Wildman–Crippen MR) is 93.5 cm³/mol. The van der Waals surface area contributed by atoms with Gasteiger partial charge in [0.1, 0.15) is 0 Å². The number of hydrogen-bond acceptors (Lipinski definition) is 6. The second kappa shape index (κ2) is 7.01. The first-order valence-corrected chi connectivity index (χ1v) is 7.66. The molecular weight excluding hydrogens is 338 g/mol. The molecule has 0 saturated carbocycles. The van der Waals surface area contributed by atoms with Crippen LogP contribution in [0.2, 0.25) is 0 Å². The SMILES string of the molecule is CN(Cc1ccccc1)c1nn(-c2ccc([N+](=O)[O-])cc2)nc1C(=O)O. The lowest BCUT2D eigenvalue weighted by atomic mass is 10.2. The van der Waals surface area contributed by atoms with Crippen molar-refractivity contribution in [1.82, 2.24) is 15.0 Å². The van der Waals surface area contributed by atoms with Crippen molar-refractivity contribution in [3.05, 3.63) is 76.0 Å². The smallest absolute Gasteiger partial charge is 0.360 e. The van der Waals surface area contributed by atoms with E-state index < -0.39 is 10.9 Å². The number of benzene rings is 2. The van der Waals surface area contributed by atoms with Crippen molar-refractivity contribution in [3.8, 4) is 5.69 Å². The van der Waals surface area contributed by atoms with E-state index in [4.69, 9.17) is 0 Å². The number of carboxylic acid groups (broad SMARTS) is 1. The Morgan fingerprint density at radius 1 is 1.15 bits per heavy atom. The maximum Gasteiger partial charge on any atom is 0.360 e. The highest BCUT2D eigenvalue weighted by Gasteiger charge is 2.22. The third kappa shape index (κ3) is 3.51. The number of nitro benzene ring substituents is 1.